The molecule has 2 heterocycles. The van der Waals surface area contributed by atoms with Crippen molar-refractivity contribution in [1.29, 1.82) is 0 Å². The summed E-state index contributed by atoms with van der Waals surface area (Å²) in [6.07, 6.45) is 2.86. The summed E-state index contributed by atoms with van der Waals surface area (Å²) in [5.74, 6) is -0.223. The number of aromatic amines is 1. The van der Waals surface area contributed by atoms with Crippen molar-refractivity contribution in [3.63, 3.8) is 0 Å². The number of rotatable bonds is 5. The van der Waals surface area contributed by atoms with E-state index in [-0.39, 0.29) is 17.8 Å². The first kappa shape index (κ1) is 17.5. The fourth-order valence-corrected chi connectivity index (χ4v) is 3.70. The second-order valence-electron chi connectivity index (χ2n) is 6.71. The molecule has 0 saturated carbocycles. The van der Waals surface area contributed by atoms with Gasteiger partial charge in [0.1, 0.15) is 0 Å². The van der Waals surface area contributed by atoms with E-state index in [1.54, 1.807) is 0 Å². The maximum Gasteiger partial charge on any atom is 0.310 e. The number of piperidine rings is 1. The van der Waals surface area contributed by atoms with Gasteiger partial charge in [0.15, 0.2) is 0 Å². The number of carbonyl (C=O) groups excluding carboxylic acids is 2. The molecule has 1 atom stereocenters. The van der Waals surface area contributed by atoms with E-state index in [4.69, 9.17) is 4.74 Å². The van der Waals surface area contributed by atoms with Crippen molar-refractivity contribution in [3.05, 3.63) is 35.5 Å². The monoisotopic (exact) mass is 342 g/mol. The first-order chi connectivity index (χ1) is 12.1. The summed E-state index contributed by atoms with van der Waals surface area (Å²) in [5, 5.41) is 1.19. The van der Waals surface area contributed by atoms with E-state index in [2.05, 4.69) is 24.0 Å². The summed E-state index contributed by atoms with van der Waals surface area (Å²) >= 11 is 0. The van der Waals surface area contributed by atoms with Crippen molar-refractivity contribution in [2.75, 3.05) is 19.7 Å². The zero-order valence-electron chi connectivity index (χ0n) is 15.0. The van der Waals surface area contributed by atoms with Gasteiger partial charge in [-0.2, -0.15) is 0 Å². The van der Waals surface area contributed by atoms with Crippen molar-refractivity contribution in [1.82, 2.24) is 9.88 Å². The van der Waals surface area contributed by atoms with E-state index in [1.165, 1.54) is 10.9 Å². The van der Waals surface area contributed by atoms with Crippen LogP contribution in [0.3, 0.4) is 0 Å². The van der Waals surface area contributed by atoms with Crippen LogP contribution in [0.15, 0.2) is 24.3 Å². The van der Waals surface area contributed by atoms with Gasteiger partial charge in [-0.25, -0.2) is 0 Å². The molecule has 25 heavy (non-hydrogen) atoms. The highest BCUT2D eigenvalue weighted by atomic mass is 16.5. The topological polar surface area (TPSA) is 62.4 Å². The summed E-state index contributed by atoms with van der Waals surface area (Å²) in [4.78, 5) is 29.8. The molecule has 1 N–H and O–H groups in total. The maximum absolute atomic E-state index is 12.6. The molecule has 0 radical (unpaired) electrons. The molecule has 1 aliphatic rings. The van der Waals surface area contributed by atoms with Crippen molar-refractivity contribution in [2.45, 2.75) is 39.5 Å². The number of nitrogens with zero attached hydrogens (tertiary/aromatic N) is 1. The summed E-state index contributed by atoms with van der Waals surface area (Å²) in [6, 6.07) is 8.19. The van der Waals surface area contributed by atoms with Gasteiger partial charge >= 0.3 is 5.97 Å². The Morgan fingerprint density at radius 1 is 1.32 bits per heavy atom. The predicted molar refractivity (Wildman–Crippen MR) is 97.3 cm³/mol. The number of amides is 1. The molecule has 0 aliphatic carbocycles. The molecule has 0 spiro atoms. The van der Waals surface area contributed by atoms with Crippen molar-refractivity contribution in [3.8, 4) is 0 Å². The number of aromatic nitrogens is 1. The van der Waals surface area contributed by atoms with Crippen molar-refractivity contribution >= 4 is 22.8 Å². The lowest BCUT2D eigenvalue weighted by molar-refractivity contribution is -0.151. The van der Waals surface area contributed by atoms with Crippen LogP contribution in [0.1, 0.15) is 37.4 Å². The number of para-hydroxylation sites is 1. The number of likely N-dealkylation sites (tertiary alicyclic amines) is 1. The van der Waals surface area contributed by atoms with Crippen LogP contribution < -0.4 is 0 Å². The molecule has 1 aliphatic heterocycles. The Balaban J connectivity index is 1.62. The highest BCUT2D eigenvalue weighted by Gasteiger charge is 2.29. The Morgan fingerprint density at radius 3 is 2.92 bits per heavy atom. The number of H-pyrrole nitrogens is 1. The smallest absolute Gasteiger partial charge is 0.310 e. The number of hydrogen-bond donors (Lipinski definition) is 1. The van der Waals surface area contributed by atoms with Crippen LogP contribution in [0, 0.1) is 12.8 Å². The van der Waals surface area contributed by atoms with Crippen molar-refractivity contribution < 1.29 is 14.3 Å². The number of carbonyl (C=O) groups is 2. The SMILES string of the molecule is CCOC(=O)C1CCCN(C(=O)CCc2c(C)[nH]c3ccccc23)C1. The van der Waals surface area contributed by atoms with Gasteiger partial charge in [-0.3, -0.25) is 9.59 Å². The summed E-state index contributed by atoms with van der Waals surface area (Å²) in [7, 11) is 0. The number of nitrogens with one attached hydrogen (secondary N) is 1. The van der Waals surface area contributed by atoms with Gasteiger partial charge in [0.2, 0.25) is 5.91 Å². The Labute approximate surface area is 148 Å². The molecule has 5 heteroatoms. The van der Waals surface area contributed by atoms with E-state index in [9.17, 15) is 9.59 Å². The average Bonchev–Trinajstić information content (AvgIpc) is 2.95. The summed E-state index contributed by atoms with van der Waals surface area (Å²) in [5.41, 5.74) is 3.45. The third-order valence-electron chi connectivity index (χ3n) is 5.01. The van der Waals surface area contributed by atoms with Gasteiger partial charge < -0.3 is 14.6 Å². The maximum atomic E-state index is 12.6. The zero-order valence-corrected chi connectivity index (χ0v) is 15.0. The fourth-order valence-electron chi connectivity index (χ4n) is 3.70. The Morgan fingerprint density at radius 2 is 2.12 bits per heavy atom. The van der Waals surface area contributed by atoms with Gasteiger partial charge in [0.05, 0.1) is 12.5 Å². The van der Waals surface area contributed by atoms with E-state index in [1.807, 2.05) is 24.0 Å². The van der Waals surface area contributed by atoms with Gasteiger partial charge in [0, 0.05) is 36.1 Å². The standard InChI is InChI=1S/C20H26N2O3/c1-3-25-20(24)15-7-6-12-22(13-15)19(23)11-10-16-14(2)21-18-9-5-4-8-17(16)18/h4-5,8-9,15,21H,3,6-7,10-13H2,1-2H3. The van der Waals surface area contributed by atoms with E-state index in [0.717, 1.165) is 37.0 Å². The largest absolute Gasteiger partial charge is 0.466 e. The number of esters is 1. The van der Waals surface area contributed by atoms with Crippen LogP contribution >= 0.6 is 0 Å². The Bertz CT molecular complexity index is 765. The second kappa shape index (κ2) is 7.72. The van der Waals surface area contributed by atoms with Crippen LogP contribution in [0.2, 0.25) is 0 Å². The van der Waals surface area contributed by atoms with E-state index < -0.39 is 0 Å². The highest BCUT2D eigenvalue weighted by molar-refractivity contribution is 5.85. The molecular formula is C20H26N2O3. The van der Waals surface area contributed by atoms with Gasteiger partial charge in [0.25, 0.3) is 0 Å². The Kier molecular flexibility index (Phi) is 5.41. The third-order valence-corrected chi connectivity index (χ3v) is 5.01. The molecule has 1 amide bonds. The van der Waals surface area contributed by atoms with Crippen LogP contribution in [0.4, 0.5) is 0 Å². The van der Waals surface area contributed by atoms with Crippen LogP contribution in [-0.4, -0.2) is 41.5 Å². The average molecular weight is 342 g/mol. The van der Waals surface area contributed by atoms with Gasteiger partial charge in [-0.05, 0) is 44.7 Å². The van der Waals surface area contributed by atoms with E-state index >= 15 is 0 Å². The summed E-state index contributed by atoms with van der Waals surface area (Å²) in [6.45, 7) is 5.49. The highest BCUT2D eigenvalue weighted by Crippen LogP contribution is 2.24. The second-order valence-corrected chi connectivity index (χ2v) is 6.71. The quantitative estimate of drug-likeness (QED) is 0.849. The number of benzene rings is 1. The minimum atomic E-state index is -0.174. The molecule has 134 valence electrons. The molecule has 2 aromatic rings. The zero-order chi connectivity index (χ0) is 17.8. The molecule has 3 rings (SSSR count). The minimum absolute atomic E-state index is 0.124. The lowest BCUT2D eigenvalue weighted by Gasteiger charge is -2.31. The molecule has 0 bridgehead atoms. The molecule has 5 nitrogen and oxygen atoms in total. The fraction of sp³-hybridized carbons (Fsp3) is 0.500. The number of aryl methyl sites for hydroxylation is 2. The van der Waals surface area contributed by atoms with Crippen LogP contribution in [0.5, 0.6) is 0 Å². The van der Waals surface area contributed by atoms with Gasteiger partial charge in [-0.1, -0.05) is 18.2 Å². The minimum Gasteiger partial charge on any atom is -0.466 e. The number of ether oxygens (including phenoxy) is 1. The first-order valence-corrected chi connectivity index (χ1v) is 9.10. The molecular weight excluding hydrogens is 316 g/mol. The Hall–Kier alpha value is -2.30. The summed E-state index contributed by atoms with van der Waals surface area (Å²) < 4.78 is 5.11. The lowest BCUT2D eigenvalue weighted by Crippen LogP contribution is -2.42. The number of hydrogen-bond acceptors (Lipinski definition) is 3. The van der Waals surface area contributed by atoms with Crippen molar-refractivity contribution in [2.24, 2.45) is 5.92 Å². The van der Waals surface area contributed by atoms with Gasteiger partial charge in [-0.15, -0.1) is 0 Å². The van der Waals surface area contributed by atoms with Crippen LogP contribution in [0.25, 0.3) is 10.9 Å². The third kappa shape index (κ3) is 3.86. The predicted octanol–water partition coefficient (Wildman–Crippen LogP) is 3.21. The van der Waals surface area contributed by atoms with Crippen LogP contribution in [-0.2, 0) is 20.7 Å². The molecule has 1 aromatic carbocycles. The molecule has 1 unspecified atom stereocenters. The lowest BCUT2D eigenvalue weighted by atomic mass is 9.97. The normalized spacial score (nSPS) is 17.7. The van der Waals surface area contributed by atoms with E-state index in [0.29, 0.717) is 19.6 Å². The molecule has 1 fully saturated rings. The first-order valence-electron chi connectivity index (χ1n) is 9.10. The molecule has 1 saturated heterocycles. The number of fused-ring (bicyclic) bond motifs is 1. The molecule has 1 aromatic heterocycles.